The van der Waals surface area contributed by atoms with Crippen LogP contribution in [-0.4, -0.2) is 16.9 Å². The molecule has 0 N–H and O–H groups in total. The van der Waals surface area contributed by atoms with Crippen molar-refractivity contribution in [3.8, 4) is 0 Å². The molecule has 0 bridgehead atoms. The van der Waals surface area contributed by atoms with Crippen molar-refractivity contribution in [1.82, 2.24) is 0 Å². The molecule has 1 unspecified atom stereocenters. The average Bonchev–Trinajstić information content (AvgIpc) is 2.07. The van der Waals surface area contributed by atoms with Crippen LogP contribution in [-0.2, 0) is 9.78 Å². The van der Waals surface area contributed by atoms with Gasteiger partial charge in [-0.25, -0.2) is 9.78 Å². The molecule has 19 heavy (non-hydrogen) atoms. The fourth-order valence-electron chi connectivity index (χ4n) is 1.54. The fourth-order valence-corrected chi connectivity index (χ4v) is 1.54. The number of azo groups is 1. The van der Waals surface area contributed by atoms with Crippen LogP contribution in [0.5, 0.6) is 0 Å². The minimum Gasteiger partial charge on any atom is -0.228 e. The van der Waals surface area contributed by atoms with Gasteiger partial charge >= 0.3 is 0 Å². The van der Waals surface area contributed by atoms with Gasteiger partial charge in [-0.05, 0) is 53.9 Å². The second kappa shape index (κ2) is 5.88. The highest BCUT2D eigenvalue weighted by molar-refractivity contribution is 4.79. The summed E-state index contributed by atoms with van der Waals surface area (Å²) in [5.74, 6) is 0. The molecule has 0 saturated carbocycles. The lowest BCUT2D eigenvalue weighted by atomic mass is 9.87. The first-order chi connectivity index (χ1) is 8.12. The molecule has 0 aliphatic carbocycles. The third kappa shape index (κ3) is 11.1. The van der Waals surface area contributed by atoms with E-state index in [2.05, 4.69) is 31.0 Å². The molecule has 0 heterocycles. The molecule has 0 saturated heterocycles. The summed E-state index contributed by atoms with van der Waals surface area (Å²) in [4.78, 5) is 11.1. The van der Waals surface area contributed by atoms with E-state index in [0.29, 0.717) is 0 Å². The zero-order valence-electron chi connectivity index (χ0n) is 14.4. The lowest BCUT2D eigenvalue weighted by Gasteiger charge is -2.33. The van der Waals surface area contributed by atoms with Crippen LogP contribution in [0.4, 0.5) is 0 Å². The summed E-state index contributed by atoms with van der Waals surface area (Å²) in [6.07, 6.45) is 0.732. The first-order valence-electron chi connectivity index (χ1n) is 6.93. The van der Waals surface area contributed by atoms with Crippen LogP contribution in [0.15, 0.2) is 10.2 Å². The van der Waals surface area contributed by atoms with Crippen molar-refractivity contribution in [3.05, 3.63) is 0 Å². The number of hydrogen-bond acceptors (Lipinski definition) is 4. The molecule has 0 fully saturated rings. The molecule has 4 nitrogen and oxygen atoms in total. The third-order valence-electron chi connectivity index (χ3n) is 1.89. The van der Waals surface area contributed by atoms with E-state index in [-0.39, 0.29) is 16.6 Å². The molecule has 114 valence electrons. The van der Waals surface area contributed by atoms with Crippen LogP contribution in [0.25, 0.3) is 0 Å². The van der Waals surface area contributed by atoms with E-state index in [1.807, 2.05) is 48.5 Å². The monoisotopic (exact) mass is 272 g/mol. The largest absolute Gasteiger partial charge is 0.228 e. The molecule has 1 atom stereocenters. The van der Waals surface area contributed by atoms with Gasteiger partial charge in [0, 0.05) is 6.42 Å². The molecule has 0 aliphatic heterocycles. The summed E-state index contributed by atoms with van der Waals surface area (Å²) < 4.78 is 0. The maximum absolute atomic E-state index is 5.61. The highest BCUT2D eigenvalue weighted by Crippen LogP contribution is 2.33. The van der Waals surface area contributed by atoms with Gasteiger partial charge in [-0.15, -0.1) is 0 Å². The van der Waals surface area contributed by atoms with Crippen LogP contribution >= 0.6 is 0 Å². The molecule has 0 aliphatic rings. The standard InChI is InChI=1S/C15H32N2O2/c1-12(2,3)11-15(10,17-16-13(4,5)6)19-18-14(7,8)9/h11H2,1-10H3/b17-16+. The van der Waals surface area contributed by atoms with Crippen LogP contribution in [0.2, 0.25) is 0 Å². The van der Waals surface area contributed by atoms with Gasteiger partial charge in [-0.3, -0.25) is 0 Å². The fraction of sp³-hybridized carbons (Fsp3) is 1.00. The molecule has 0 aromatic carbocycles. The van der Waals surface area contributed by atoms with Gasteiger partial charge in [0.1, 0.15) is 0 Å². The molecular formula is C15H32N2O2. The van der Waals surface area contributed by atoms with E-state index in [4.69, 9.17) is 9.78 Å². The molecular weight excluding hydrogens is 240 g/mol. The zero-order chi connectivity index (χ0) is 15.5. The quantitative estimate of drug-likeness (QED) is 0.404. The van der Waals surface area contributed by atoms with Crippen molar-refractivity contribution in [1.29, 1.82) is 0 Å². The van der Waals surface area contributed by atoms with E-state index in [9.17, 15) is 0 Å². The van der Waals surface area contributed by atoms with Crippen LogP contribution in [0, 0.1) is 5.41 Å². The van der Waals surface area contributed by atoms with E-state index < -0.39 is 5.72 Å². The summed E-state index contributed by atoms with van der Waals surface area (Å²) in [7, 11) is 0. The SMILES string of the molecule is CC(C)(C)CC(C)(/N=N/C(C)(C)C)OOC(C)(C)C. The van der Waals surface area contributed by atoms with Crippen molar-refractivity contribution in [2.45, 2.75) is 92.5 Å². The number of rotatable bonds is 4. The lowest BCUT2D eigenvalue weighted by Crippen LogP contribution is -2.35. The van der Waals surface area contributed by atoms with Crippen molar-refractivity contribution in [3.63, 3.8) is 0 Å². The minimum absolute atomic E-state index is 0.0763. The molecule has 0 amide bonds. The van der Waals surface area contributed by atoms with E-state index in [1.54, 1.807) is 0 Å². The lowest BCUT2D eigenvalue weighted by molar-refractivity contribution is -0.404. The molecule has 0 rings (SSSR count). The Morgan fingerprint density at radius 1 is 0.684 bits per heavy atom. The Bertz CT molecular complexity index is 306. The summed E-state index contributed by atoms with van der Waals surface area (Å²) in [5, 5.41) is 8.73. The maximum Gasteiger partial charge on any atom is 0.210 e. The predicted octanol–water partition coefficient (Wildman–Crippen LogP) is 5.14. The summed E-state index contributed by atoms with van der Waals surface area (Å²) in [6, 6.07) is 0. The molecule has 0 aromatic heterocycles. The summed E-state index contributed by atoms with van der Waals surface area (Å²) in [6.45, 7) is 20.3. The molecule has 4 heteroatoms. The Kier molecular flexibility index (Phi) is 5.73. The number of hydrogen-bond donors (Lipinski definition) is 0. The Labute approximate surface area is 118 Å². The normalized spacial score (nSPS) is 17.8. The second-order valence-electron chi connectivity index (χ2n) is 8.56. The zero-order valence-corrected chi connectivity index (χ0v) is 14.4. The predicted molar refractivity (Wildman–Crippen MR) is 79.0 cm³/mol. The van der Waals surface area contributed by atoms with Gasteiger partial charge in [0.25, 0.3) is 0 Å². The average molecular weight is 272 g/mol. The van der Waals surface area contributed by atoms with Crippen molar-refractivity contribution in [2.24, 2.45) is 15.6 Å². The summed E-state index contributed by atoms with van der Waals surface area (Å²) in [5.41, 5.74) is -1.27. The third-order valence-corrected chi connectivity index (χ3v) is 1.89. The highest BCUT2D eigenvalue weighted by atomic mass is 17.2. The Morgan fingerprint density at radius 2 is 1.16 bits per heavy atom. The first-order valence-corrected chi connectivity index (χ1v) is 6.93. The van der Waals surface area contributed by atoms with Gasteiger partial charge in [0.15, 0.2) is 0 Å². The second-order valence-corrected chi connectivity index (χ2v) is 8.56. The van der Waals surface area contributed by atoms with Gasteiger partial charge in [-0.2, -0.15) is 10.2 Å². The van der Waals surface area contributed by atoms with Crippen molar-refractivity contribution in [2.75, 3.05) is 0 Å². The van der Waals surface area contributed by atoms with Gasteiger partial charge in [-0.1, -0.05) is 20.8 Å². The smallest absolute Gasteiger partial charge is 0.210 e. The van der Waals surface area contributed by atoms with E-state index in [0.717, 1.165) is 6.42 Å². The topological polar surface area (TPSA) is 43.2 Å². The van der Waals surface area contributed by atoms with Gasteiger partial charge in [0.2, 0.25) is 5.72 Å². The van der Waals surface area contributed by atoms with Crippen LogP contribution in [0.3, 0.4) is 0 Å². The number of nitrogens with zero attached hydrogens (tertiary/aromatic N) is 2. The Morgan fingerprint density at radius 3 is 1.47 bits per heavy atom. The molecule has 0 spiro atoms. The van der Waals surface area contributed by atoms with Crippen LogP contribution in [0.1, 0.15) is 75.7 Å². The van der Waals surface area contributed by atoms with Crippen molar-refractivity contribution >= 4 is 0 Å². The Hall–Kier alpha value is -0.480. The van der Waals surface area contributed by atoms with E-state index in [1.165, 1.54) is 0 Å². The van der Waals surface area contributed by atoms with Gasteiger partial charge < -0.3 is 0 Å². The molecule has 0 radical (unpaired) electrons. The Balaban J connectivity index is 4.98. The van der Waals surface area contributed by atoms with Gasteiger partial charge in [0.05, 0.1) is 11.1 Å². The maximum atomic E-state index is 5.61. The van der Waals surface area contributed by atoms with Crippen LogP contribution < -0.4 is 0 Å². The highest BCUT2D eigenvalue weighted by Gasteiger charge is 2.34. The van der Waals surface area contributed by atoms with Crippen molar-refractivity contribution < 1.29 is 9.78 Å². The minimum atomic E-state index is -0.765. The first kappa shape index (κ1) is 18.5. The van der Waals surface area contributed by atoms with E-state index >= 15 is 0 Å². The summed E-state index contributed by atoms with van der Waals surface area (Å²) >= 11 is 0. The molecule has 0 aromatic rings.